The number of primary amides is 1. The van der Waals surface area contributed by atoms with Gasteiger partial charge < -0.3 is 18.1 Å². The number of hydrogen-bond donors (Lipinski definition) is 1. The van der Waals surface area contributed by atoms with Gasteiger partial charge in [0.05, 0.1) is 24.6 Å². The first-order valence-electron chi connectivity index (χ1n) is 11.7. The van der Waals surface area contributed by atoms with Crippen LogP contribution >= 0.6 is 7.26 Å². The first-order chi connectivity index (χ1) is 12.6. The maximum absolute atomic E-state index is 10.7. The molecule has 0 aliphatic heterocycles. The Bertz CT molecular complexity index is 304. The van der Waals surface area contributed by atoms with E-state index in [1.54, 1.807) is 24.6 Å². The zero-order valence-electron chi connectivity index (χ0n) is 18.7. The second-order valence-corrected chi connectivity index (χ2v) is 12.8. The molecule has 0 aromatic heterocycles. The molecular weight excluding hydrogens is 373 g/mol. The summed E-state index contributed by atoms with van der Waals surface area (Å²) in [7, 11) is -0.669. The Balaban J connectivity index is 0. The number of nitrogens with two attached hydrogens (primary N) is 1. The summed E-state index contributed by atoms with van der Waals surface area (Å²) in [5.74, 6) is -0.147. The molecule has 0 aliphatic carbocycles. The Morgan fingerprint density at radius 3 is 1.30 bits per heavy atom. The van der Waals surface area contributed by atoms with Gasteiger partial charge in [-0.25, -0.2) is 0 Å². The smallest absolute Gasteiger partial charge is 0.217 e. The van der Waals surface area contributed by atoms with E-state index in [9.17, 15) is 4.79 Å². The maximum Gasteiger partial charge on any atom is 0.217 e. The summed E-state index contributed by atoms with van der Waals surface area (Å²) in [5, 5.41) is 0. The highest BCUT2D eigenvalue weighted by molar-refractivity contribution is 7.75. The van der Waals surface area contributed by atoms with Gasteiger partial charge in [-0.3, -0.25) is 4.79 Å². The number of carbonyl (C=O) groups excluding carboxylic acids is 1. The number of halogens is 1. The lowest BCUT2D eigenvalue weighted by atomic mass is 10.1. The van der Waals surface area contributed by atoms with Crippen LogP contribution in [0.2, 0.25) is 0 Å². The van der Waals surface area contributed by atoms with Crippen molar-refractivity contribution in [1.82, 2.24) is 0 Å². The quantitative estimate of drug-likeness (QED) is 0.230. The summed E-state index contributed by atoms with van der Waals surface area (Å²) in [6.07, 6.45) is 25.8. The lowest BCUT2D eigenvalue weighted by Crippen LogP contribution is -3.00. The minimum Gasteiger partial charge on any atom is -1.00 e. The Labute approximate surface area is 178 Å². The van der Waals surface area contributed by atoms with E-state index in [0.29, 0.717) is 6.42 Å². The van der Waals surface area contributed by atoms with E-state index in [0.717, 1.165) is 6.42 Å². The van der Waals surface area contributed by atoms with Crippen LogP contribution in [0.3, 0.4) is 0 Å². The average molecular weight is 422 g/mol. The normalized spacial score (nSPS) is 11.4. The molecular formula is C23H49ClNOP. The summed E-state index contributed by atoms with van der Waals surface area (Å²) in [6.45, 7) is 7.08. The van der Waals surface area contributed by atoms with Crippen molar-refractivity contribution in [3.63, 3.8) is 0 Å². The molecule has 0 radical (unpaired) electrons. The van der Waals surface area contributed by atoms with Gasteiger partial charge in [0.15, 0.2) is 0 Å². The van der Waals surface area contributed by atoms with Gasteiger partial charge >= 0.3 is 0 Å². The molecule has 2 N–H and O–H groups in total. The zero-order valence-corrected chi connectivity index (χ0v) is 20.4. The Morgan fingerprint density at radius 1 is 0.593 bits per heavy atom. The standard InChI is InChI=1S/C23H48NOP.ClH/c1-4-7-19-26(20-8-5-2,21-9-6-3)22-17-15-13-11-10-12-14-16-18-23(24)25;/h4-22H2,1-3H3,(H-,24,25);1H. The highest BCUT2D eigenvalue weighted by Crippen LogP contribution is 2.61. The highest BCUT2D eigenvalue weighted by atomic mass is 35.5. The Hall–Kier alpha value is 0.190. The molecule has 0 saturated heterocycles. The third kappa shape index (κ3) is 18.0. The largest absolute Gasteiger partial charge is 1.00 e. The fourth-order valence-corrected chi connectivity index (χ4v) is 9.16. The molecule has 0 bridgehead atoms. The van der Waals surface area contributed by atoms with Gasteiger partial charge in [-0.05, 0) is 38.5 Å². The third-order valence-electron chi connectivity index (χ3n) is 5.76. The molecule has 0 saturated carbocycles. The summed E-state index contributed by atoms with van der Waals surface area (Å²) in [5.41, 5.74) is 5.18. The summed E-state index contributed by atoms with van der Waals surface area (Å²) >= 11 is 0. The van der Waals surface area contributed by atoms with Crippen molar-refractivity contribution in [2.75, 3.05) is 24.6 Å². The van der Waals surface area contributed by atoms with E-state index in [2.05, 4.69) is 20.8 Å². The van der Waals surface area contributed by atoms with E-state index in [1.807, 2.05) is 0 Å². The predicted octanol–water partition coefficient (Wildman–Crippen LogP) is 4.40. The second-order valence-electron chi connectivity index (χ2n) is 8.34. The molecule has 0 unspecified atom stereocenters. The van der Waals surface area contributed by atoms with Gasteiger partial charge in [-0.15, -0.1) is 0 Å². The van der Waals surface area contributed by atoms with Gasteiger partial charge in [0, 0.05) is 13.7 Å². The molecule has 2 nitrogen and oxygen atoms in total. The monoisotopic (exact) mass is 421 g/mol. The van der Waals surface area contributed by atoms with Crippen molar-refractivity contribution in [2.24, 2.45) is 5.73 Å². The van der Waals surface area contributed by atoms with Crippen LogP contribution in [0.5, 0.6) is 0 Å². The van der Waals surface area contributed by atoms with Gasteiger partial charge in [0.2, 0.25) is 5.91 Å². The van der Waals surface area contributed by atoms with Gasteiger partial charge in [-0.2, -0.15) is 0 Å². The van der Waals surface area contributed by atoms with Crippen molar-refractivity contribution in [1.29, 1.82) is 0 Å². The number of hydrogen-bond acceptors (Lipinski definition) is 1. The maximum atomic E-state index is 10.7. The predicted molar refractivity (Wildman–Crippen MR) is 122 cm³/mol. The lowest BCUT2D eigenvalue weighted by molar-refractivity contribution is -0.118. The molecule has 0 rings (SSSR count). The van der Waals surface area contributed by atoms with Gasteiger partial charge in [0.25, 0.3) is 0 Å². The van der Waals surface area contributed by atoms with E-state index in [1.165, 1.54) is 83.5 Å². The zero-order chi connectivity index (χ0) is 19.5. The summed E-state index contributed by atoms with van der Waals surface area (Å²) in [6, 6.07) is 0. The van der Waals surface area contributed by atoms with Crippen LogP contribution in [0.1, 0.15) is 117 Å². The van der Waals surface area contributed by atoms with E-state index in [-0.39, 0.29) is 18.3 Å². The minimum atomic E-state index is -0.669. The second kappa shape index (κ2) is 20.9. The van der Waals surface area contributed by atoms with Crippen molar-refractivity contribution < 1.29 is 17.2 Å². The number of rotatable bonds is 20. The van der Waals surface area contributed by atoms with Crippen molar-refractivity contribution >= 4 is 13.2 Å². The van der Waals surface area contributed by atoms with E-state index >= 15 is 0 Å². The lowest BCUT2D eigenvalue weighted by Gasteiger charge is -2.28. The molecule has 0 spiro atoms. The summed E-state index contributed by atoms with van der Waals surface area (Å²) < 4.78 is 0. The van der Waals surface area contributed by atoms with Crippen LogP contribution in [0.4, 0.5) is 0 Å². The molecule has 0 atom stereocenters. The summed E-state index contributed by atoms with van der Waals surface area (Å²) in [4.78, 5) is 10.7. The van der Waals surface area contributed by atoms with E-state index < -0.39 is 7.26 Å². The van der Waals surface area contributed by atoms with E-state index in [4.69, 9.17) is 5.73 Å². The van der Waals surface area contributed by atoms with Crippen LogP contribution in [0.15, 0.2) is 0 Å². The number of amides is 1. The van der Waals surface area contributed by atoms with Crippen LogP contribution < -0.4 is 18.1 Å². The Morgan fingerprint density at radius 2 is 0.926 bits per heavy atom. The van der Waals surface area contributed by atoms with Gasteiger partial charge in [-0.1, -0.05) is 72.1 Å². The molecule has 1 amide bonds. The average Bonchev–Trinajstić information content (AvgIpc) is 2.63. The fraction of sp³-hybridized carbons (Fsp3) is 0.957. The van der Waals surface area contributed by atoms with Crippen molar-refractivity contribution in [2.45, 2.75) is 117 Å². The highest BCUT2D eigenvalue weighted by Gasteiger charge is 2.34. The van der Waals surface area contributed by atoms with Crippen LogP contribution in [0.25, 0.3) is 0 Å². The number of unbranched alkanes of at least 4 members (excludes halogenated alkanes) is 10. The van der Waals surface area contributed by atoms with Crippen LogP contribution in [-0.2, 0) is 4.79 Å². The van der Waals surface area contributed by atoms with Crippen molar-refractivity contribution in [3.05, 3.63) is 0 Å². The van der Waals surface area contributed by atoms with Crippen LogP contribution in [-0.4, -0.2) is 30.6 Å². The number of carbonyl (C=O) groups is 1. The van der Waals surface area contributed by atoms with Crippen molar-refractivity contribution in [3.8, 4) is 0 Å². The molecule has 0 fully saturated rings. The molecule has 4 heteroatoms. The first-order valence-corrected chi connectivity index (χ1v) is 14.3. The topological polar surface area (TPSA) is 43.1 Å². The Kier molecular flexibility index (Phi) is 22.8. The SMILES string of the molecule is CCCC[P+](CCCC)(CCCC)CCCCCCCCCCC(N)=O.[Cl-]. The van der Waals surface area contributed by atoms with Crippen LogP contribution in [0, 0.1) is 0 Å². The molecule has 0 heterocycles. The molecule has 0 aromatic carbocycles. The molecule has 0 aromatic rings. The fourth-order valence-electron chi connectivity index (χ4n) is 3.96. The minimum absolute atomic E-state index is 0. The molecule has 0 aliphatic rings. The molecule has 164 valence electrons. The van der Waals surface area contributed by atoms with Gasteiger partial charge in [0.1, 0.15) is 0 Å². The first kappa shape index (κ1) is 29.4. The third-order valence-corrected chi connectivity index (χ3v) is 10.8. The molecule has 27 heavy (non-hydrogen) atoms.